The topological polar surface area (TPSA) is 80.5 Å². The van der Waals surface area contributed by atoms with Crippen molar-refractivity contribution < 1.29 is 18.4 Å². The van der Waals surface area contributed by atoms with Crippen LogP contribution in [-0.4, -0.2) is 28.2 Å². The first-order valence-corrected chi connectivity index (χ1v) is 11.5. The highest BCUT2D eigenvalue weighted by atomic mass is 19.1. The Labute approximate surface area is 208 Å². The number of allylic oxidation sites excluding steroid dienone is 1. The number of aromatic nitrogens is 2. The summed E-state index contributed by atoms with van der Waals surface area (Å²) >= 11 is 0. The Kier molecular flexibility index (Phi) is 6.25. The number of urea groups is 1. The maximum absolute atomic E-state index is 13.7. The van der Waals surface area contributed by atoms with Crippen LogP contribution in [0.15, 0.2) is 83.0 Å². The van der Waals surface area contributed by atoms with Gasteiger partial charge in [-0.1, -0.05) is 53.2 Å². The molecule has 0 spiro atoms. The van der Waals surface area contributed by atoms with Crippen LogP contribution < -0.4 is 10.1 Å². The molecule has 0 saturated heterocycles. The van der Waals surface area contributed by atoms with Crippen molar-refractivity contribution in [3.8, 4) is 17.1 Å². The highest BCUT2D eigenvalue weighted by molar-refractivity contribution is 5.86. The van der Waals surface area contributed by atoms with E-state index in [2.05, 4.69) is 15.5 Å². The van der Waals surface area contributed by atoms with E-state index in [9.17, 15) is 9.18 Å². The average Bonchev–Trinajstić information content (AvgIpc) is 3.37. The van der Waals surface area contributed by atoms with Gasteiger partial charge < -0.3 is 14.6 Å². The van der Waals surface area contributed by atoms with Crippen molar-refractivity contribution in [1.82, 2.24) is 20.4 Å². The molecule has 8 heteroatoms. The third-order valence-corrected chi connectivity index (χ3v) is 6.21. The number of nitrogens with one attached hydrogen (secondary N) is 1. The van der Waals surface area contributed by atoms with E-state index in [0.717, 1.165) is 16.7 Å². The van der Waals surface area contributed by atoms with Crippen LogP contribution in [0.5, 0.6) is 5.75 Å². The van der Waals surface area contributed by atoms with Gasteiger partial charge in [-0.2, -0.15) is 4.98 Å². The lowest BCUT2D eigenvalue weighted by Gasteiger charge is -2.35. The van der Waals surface area contributed by atoms with Crippen LogP contribution in [0.4, 0.5) is 9.18 Å². The van der Waals surface area contributed by atoms with Crippen molar-refractivity contribution in [2.75, 3.05) is 7.11 Å². The molecule has 0 saturated carbocycles. The summed E-state index contributed by atoms with van der Waals surface area (Å²) in [5.41, 5.74) is 4.82. The van der Waals surface area contributed by atoms with E-state index in [1.54, 1.807) is 24.1 Å². The third-order valence-electron chi connectivity index (χ3n) is 6.21. The number of methoxy groups -OCH3 is 1. The molecule has 36 heavy (non-hydrogen) atoms. The SMILES string of the molecule is COc1cccc(CN2C(=O)NC(c3ccc(F)cc3)C(c3nc(-c4cccc(C)c4)no3)=C2C)c1. The molecule has 1 unspecified atom stereocenters. The van der Waals surface area contributed by atoms with Gasteiger partial charge in [-0.25, -0.2) is 9.18 Å². The van der Waals surface area contributed by atoms with Gasteiger partial charge in [0.15, 0.2) is 0 Å². The molecule has 182 valence electrons. The summed E-state index contributed by atoms with van der Waals surface area (Å²) < 4.78 is 24.7. The molecule has 7 nitrogen and oxygen atoms in total. The first-order valence-electron chi connectivity index (χ1n) is 11.5. The highest BCUT2D eigenvalue weighted by Crippen LogP contribution is 2.38. The van der Waals surface area contributed by atoms with Gasteiger partial charge in [-0.15, -0.1) is 0 Å². The summed E-state index contributed by atoms with van der Waals surface area (Å²) in [6.07, 6.45) is 0. The number of hydrogen-bond acceptors (Lipinski definition) is 5. The van der Waals surface area contributed by atoms with Crippen molar-refractivity contribution in [1.29, 1.82) is 0 Å². The number of hydrogen-bond donors (Lipinski definition) is 1. The van der Waals surface area contributed by atoms with Gasteiger partial charge in [-0.05, 0) is 55.3 Å². The predicted molar refractivity (Wildman–Crippen MR) is 133 cm³/mol. The van der Waals surface area contributed by atoms with E-state index in [1.807, 2.05) is 62.4 Å². The van der Waals surface area contributed by atoms with E-state index in [1.165, 1.54) is 12.1 Å². The molecule has 1 N–H and O–H groups in total. The number of carbonyl (C=O) groups is 1. The second-order valence-electron chi connectivity index (χ2n) is 8.66. The fourth-order valence-electron chi connectivity index (χ4n) is 4.34. The fraction of sp³-hybridized carbons (Fsp3) is 0.179. The van der Waals surface area contributed by atoms with Crippen LogP contribution in [-0.2, 0) is 6.54 Å². The largest absolute Gasteiger partial charge is 0.497 e. The number of halogens is 1. The lowest BCUT2D eigenvalue weighted by molar-refractivity contribution is 0.203. The van der Waals surface area contributed by atoms with Crippen LogP contribution in [0.1, 0.15) is 35.5 Å². The molecular weight excluding hydrogens is 459 g/mol. The Bertz CT molecular complexity index is 1450. The normalized spacial score (nSPS) is 15.7. The Morgan fingerprint density at radius 1 is 1.06 bits per heavy atom. The maximum Gasteiger partial charge on any atom is 0.322 e. The molecule has 2 amide bonds. The third kappa shape index (κ3) is 4.57. The van der Waals surface area contributed by atoms with E-state index in [0.29, 0.717) is 35.0 Å². The number of rotatable bonds is 6. The molecule has 0 bridgehead atoms. The van der Waals surface area contributed by atoms with Crippen LogP contribution in [0.3, 0.4) is 0 Å². The summed E-state index contributed by atoms with van der Waals surface area (Å²) in [6.45, 7) is 4.16. The van der Waals surface area contributed by atoms with E-state index in [4.69, 9.17) is 9.26 Å². The monoisotopic (exact) mass is 484 g/mol. The van der Waals surface area contributed by atoms with Crippen LogP contribution in [0, 0.1) is 12.7 Å². The molecule has 0 aliphatic carbocycles. The van der Waals surface area contributed by atoms with Gasteiger partial charge in [0.2, 0.25) is 5.82 Å². The highest BCUT2D eigenvalue weighted by Gasteiger charge is 2.35. The number of carbonyl (C=O) groups excluding carboxylic acids is 1. The zero-order valence-electron chi connectivity index (χ0n) is 20.2. The minimum Gasteiger partial charge on any atom is -0.497 e. The van der Waals surface area contributed by atoms with Gasteiger partial charge in [0.1, 0.15) is 11.6 Å². The molecule has 4 aromatic rings. The Morgan fingerprint density at radius 3 is 2.58 bits per heavy atom. The van der Waals surface area contributed by atoms with E-state index >= 15 is 0 Å². The fourth-order valence-corrected chi connectivity index (χ4v) is 4.34. The molecule has 1 aliphatic heterocycles. The first-order chi connectivity index (χ1) is 17.4. The first kappa shape index (κ1) is 23.3. The molecule has 1 aromatic heterocycles. The van der Waals surface area contributed by atoms with E-state index < -0.39 is 6.04 Å². The number of benzene rings is 3. The molecule has 3 aromatic carbocycles. The van der Waals surface area contributed by atoms with Crippen LogP contribution in [0.25, 0.3) is 17.0 Å². The lowest BCUT2D eigenvalue weighted by atomic mass is 9.94. The second-order valence-corrected chi connectivity index (χ2v) is 8.66. The summed E-state index contributed by atoms with van der Waals surface area (Å²) in [7, 11) is 1.60. The minimum atomic E-state index is -0.592. The number of nitrogens with zero attached hydrogens (tertiary/aromatic N) is 3. The average molecular weight is 485 g/mol. The predicted octanol–water partition coefficient (Wildman–Crippen LogP) is 5.89. The number of amides is 2. The summed E-state index contributed by atoms with van der Waals surface area (Å²) in [4.78, 5) is 19.6. The Hall–Kier alpha value is -4.46. The molecule has 2 heterocycles. The smallest absolute Gasteiger partial charge is 0.322 e. The summed E-state index contributed by atoms with van der Waals surface area (Å²) in [5, 5.41) is 7.24. The Morgan fingerprint density at radius 2 is 1.83 bits per heavy atom. The van der Waals surface area contributed by atoms with Crippen molar-refractivity contribution in [3.63, 3.8) is 0 Å². The molecule has 1 aliphatic rings. The molecule has 0 fully saturated rings. The van der Waals surface area contributed by atoms with Gasteiger partial charge >= 0.3 is 6.03 Å². The Balaban J connectivity index is 1.59. The standard InChI is InChI=1S/C28H25FN4O3/c1-17-6-4-8-21(14-17)26-31-27(36-32-26)24-18(2)33(16-19-7-5-9-23(15-19)35-3)28(34)30-25(24)20-10-12-22(29)13-11-20/h4-15,25H,16H2,1-3H3,(H,30,34). The quantitative estimate of drug-likeness (QED) is 0.369. The van der Waals surface area contributed by atoms with Crippen molar-refractivity contribution in [3.05, 3.63) is 107 Å². The molecule has 1 atom stereocenters. The molecule has 0 radical (unpaired) electrons. The number of aryl methyl sites for hydroxylation is 1. The van der Waals surface area contributed by atoms with Gasteiger partial charge in [-0.3, -0.25) is 4.90 Å². The van der Waals surface area contributed by atoms with Gasteiger partial charge in [0.25, 0.3) is 5.89 Å². The lowest BCUT2D eigenvalue weighted by Crippen LogP contribution is -2.45. The van der Waals surface area contributed by atoms with Crippen molar-refractivity contribution in [2.45, 2.75) is 26.4 Å². The summed E-state index contributed by atoms with van der Waals surface area (Å²) in [5.74, 6) is 1.08. The molecule has 5 rings (SSSR count). The number of ether oxygens (including phenoxy) is 1. The zero-order chi connectivity index (χ0) is 25.2. The van der Waals surface area contributed by atoms with Gasteiger partial charge in [0.05, 0.1) is 25.3 Å². The van der Waals surface area contributed by atoms with Crippen LogP contribution in [0.2, 0.25) is 0 Å². The van der Waals surface area contributed by atoms with E-state index in [-0.39, 0.29) is 17.7 Å². The second kappa shape index (κ2) is 9.65. The minimum absolute atomic E-state index is 0.285. The zero-order valence-corrected chi connectivity index (χ0v) is 20.2. The van der Waals surface area contributed by atoms with Crippen molar-refractivity contribution in [2.24, 2.45) is 0 Å². The maximum atomic E-state index is 13.7. The van der Waals surface area contributed by atoms with Gasteiger partial charge in [0, 0.05) is 11.3 Å². The van der Waals surface area contributed by atoms with Crippen LogP contribution >= 0.6 is 0 Å². The molecular formula is C28H25FN4O3. The summed E-state index contributed by atoms with van der Waals surface area (Å²) in [6, 6.07) is 20.5. The van der Waals surface area contributed by atoms with Crippen molar-refractivity contribution >= 4 is 11.6 Å².